The predicted octanol–water partition coefficient (Wildman–Crippen LogP) is 17.3. The molecule has 2 heterocycles. The van der Waals surface area contributed by atoms with E-state index in [2.05, 4.69) is 157 Å². The highest BCUT2D eigenvalue weighted by Crippen LogP contribution is 2.79. The normalized spacial score (nSPS) is 40.8. The fourth-order valence-corrected chi connectivity index (χ4v) is 31.4. The van der Waals surface area contributed by atoms with Crippen LogP contribution in [0.2, 0.25) is 0 Å². The number of carbonyl (C=O) groups excluding carboxylic acids is 2. The number of carboxylic acids is 2. The first kappa shape index (κ1) is 79.2. The molecule has 0 aromatic heterocycles. The van der Waals surface area contributed by atoms with Crippen molar-refractivity contribution >= 4 is 54.6 Å². The molecule has 10 aliphatic carbocycles. The Morgan fingerprint density at radius 3 is 1.08 bits per heavy atom. The number of carboxylic acid groups (broad SMARTS) is 2. The molecular formula is C90H132N4O10S2. The number of hydrogen-bond donors (Lipinski definition) is 4. The topological polar surface area (TPSA) is 208 Å². The monoisotopic (exact) mass is 1490 g/mol. The molecule has 2 aromatic carbocycles. The summed E-state index contributed by atoms with van der Waals surface area (Å²) in [6.07, 6.45) is 24.9. The lowest BCUT2D eigenvalue weighted by Crippen LogP contribution is -2.69. The molecule has 2 aliphatic heterocycles. The third kappa shape index (κ3) is 12.6. The molecular weight excluding hydrogens is 1360 g/mol. The fraction of sp³-hybridized carbons (Fsp3) is 0.733. The molecule has 10 fully saturated rings. The van der Waals surface area contributed by atoms with Crippen molar-refractivity contribution in [2.75, 3.05) is 49.2 Å². The van der Waals surface area contributed by atoms with Gasteiger partial charge in [-0.1, -0.05) is 158 Å². The number of nitrogens with zero attached hydrogens (tertiary/aromatic N) is 2. The fourth-order valence-electron chi connectivity index (χ4n) is 28.9. The highest BCUT2D eigenvalue weighted by Gasteiger charge is 2.73. The molecule has 2 unspecified atom stereocenters. The molecule has 584 valence electrons. The number of fused-ring (bicyclic) bond motifs is 14. The van der Waals surface area contributed by atoms with Crippen LogP contribution in [0, 0.1) is 114 Å². The van der Waals surface area contributed by atoms with Gasteiger partial charge in [-0.05, 0) is 290 Å². The second-order valence-corrected chi connectivity index (χ2v) is 44.9. The number of amides is 2. The summed E-state index contributed by atoms with van der Waals surface area (Å²) in [7, 11) is -6.08. The van der Waals surface area contributed by atoms with Crippen LogP contribution in [0.5, 0.6) is 0 Å². The van der Waals surface area contributed by atoms with E-state index in [0.717, 1.165) is 75.3 Å². The molecule has 12 aliphatic rings. The maximum absolute atomic E-state index is 14.5. The average Bonchev–Trinajstić information content (AvgIpc) is 0.955. The number of carbonyl (C=O) groups is 4. The number of rotatable bonds is 14. The largest absolute Gasteiger partial charge is 0.478 e. The van der Waals surface area contributed by atoms with Gasteiger partial charge in [0.1, 0.15) is 0 Å². The Hall–Kier alpha value is -4.90. The molecule has 8 saturated carbocycles. The first-order valence-electron chi connectivity index (χ1n) is 41.3. The summed E-state index contributed by atoms with van der Waals surface area (Å²) in [6, 6.07) is 14.4. The van der Waals surface area contributed by atoms with Gasteiger partial charge in [-0.2, -0.15) is 0 Å². The van der Waals surface area contributed by atoms with E-state index in [1.165, 1.54) is 73.7 Å². The number of hydrogen-bond acceptors (Lipinski definition) is 10. The zero-order valence-corrected chi connectivity index (χ0v) is 69.2. The summed E-state index contributed by atoms with van der Waals surface area (Å²) in [6.45, 7) is 49.2. The van der Waals surface area contributed by atoms with Crippen LogP contribution in [0.4, 0.5) is 0 Å². The zero-order valence-electron chi connectivity index (χ0n) is 67.5. The Labute approximate surface area is 637 Å². The van der Waals surface area contributed by atoms with Gasteiger partial charge in [-0.3, -0.25) is 19.4 Å². The third-order valence-electron chi connectivity index (χ3n) is 34.3. The first-order valence-corrected chi connectivity index (χ1v) is 45.0. The number of benzene rings is 2. The minimum atomic E-state index is -3.04. The first-order chi connectivity index (χ1) is 49.4. The van der Waals surface area contributed by atoms with Crippen molar-refractivity contribution in [2.45, 2.75) is 250 Å². The summed E-state index contributed by atoms with van der Waals surface area (Å²) in [5, 5.41) is 26.6. The summed E-state index contributed by atoms with van der Waals surface area (Å²) >= 11 is 0. The number of aromatic carboxylic acids is 2. The molecule has 2 aromatic rings. The van der Waals surface area contributed by atoms with Gasteiger partial charge in [-0.25, -0.2) is 26.4 Å². The molecule has 20 atom stereocenters. The van der Waals surface area contributed by atoms with Crippen LogP contribution in [0.25, 0.3) is 11.1 Å². The van der Waals surface area contributed by atoms with E-state index >= 15 is 0 Å². The minimum absolute atomic E-state index is 0.0369. The van der Waals surface area contributed by atoms with Crippen molar-refractivity contribution in [1.82, 2.24) is 20.4 Å². The van der Waals surface area contributed by atoms with Gasteiger partial charge in [0.05, 0.1) is 46.2 Å². The number of sulfone groups is 2. The van der Waals surface area contributed by atoms with Gasteiger partial charge in [-0.15, -0.1) is 0 Å². The van der Waals surface area contributed by atoms with Crippen molar-refractivity contribution < 1.29 is 46.2 Å². The van der Waals surface area contributed by atoms with Gasteiger partial charge in [0, 0.05) is 37.3 Å². The van der Waals surface area contributed by atoms with Gasteiger partial charge < -0.3 is 20.8 Å². The second-order valence-electron chi connectivity index (χ2n) is 40.3. The number of allylic oxidation sites excluding steroid dienone is 6. The van der Waals surface area contributed by atoms with Crippen LogP contribution in [0.15, 0.2) is 85.0 Å². The summed E-state index contributed by atoms with van der Waals surface area (Å²) in [4.78, 5) is 56.5. The Morgan fingerprint density at radius 1 is 0.443 bits per heavy atom. The molecule has 106 heavy (non-hydrogen) atoms. The van der Waals surface area contributed by atoms with Crippen molar-refractivity contribution in [3.63, 3.8) is 0 Å². The van der Waals surface area contributed by atoms with Crippen LogP contribution < -0.4 is 10.6 Å². The van der Waals surface area contributed by atoms with Crippen LogP contribution in [0.1, 0.15) is 258 Å². The Morgan fingerprint density at radius 2 is 0.774 bits per heavy atom. The lowest BCUT2D eigenvalue weighted by molar-refractivity contribution is -0.219. The van der Waals surface area contributed by atoms with E-state index in [1.807, 2.05) is 24.3 Å². The summed E-state index contributed by atoms with van der Waals surface area (Å²) in [5.41, 5.74) is 8.53. The van der Waals surface area contributed by atoms with Crippen molar-refractivity contribution in [2.24, 2.45) is 114 Å². The summed E-state index contributed by atoms with van der Waals surface area (Å²) < 4.78 is 49.2. The molecule has 4 N–H and O–H groups in total. The van der Waals surface area contributed by atoms with Crippen LogP contribution in [-0.2, 0) is 29.3 Å². The smallest absolute Gasteiger partial charge is 0.335 e. The molecule has 2 saturated heterocycles. The molecule has 14 nitrogen and oxygen atoms in total. The van der Waals surface area contributed by atoms with E-state index < -0.39 is 31.6 Å². The molecule has 0 bridgehead atoms. The van der Waals surface area contributed by atoms with E-state index in [0.29, 0.717) is 96.5 Å². The Bertz CT molecular complexity index is 3830. The van der Waals surface area contributed by atoms with Gasteiger partial charge in [0.2, 0.25) is 11.8 Å². The molecule has 2 amide bonds. The van der Waals surface area contributed by atoms with Crippen molar-refractivity contribution in [3.8, 4) is 0 Å². The molecule has 0 spiro atoms. The highest BCUT2D eigenvalue weighted by molar-refractivity contribution is 7.91. The lowest BCUT2D eigenvalue weighted by atomic mass is 9.33. The maximum Gasteiger partial charge on any atom is 0.335 e. The van der Waals surface area contributed by atoms with E-state index in [9.17, 15) is 46.2 Å². The van der Waals surface area contributed by atoms with Crippen LogP contribution >= 0.6 is 0 Å². The molecule has 0 radical (unpaired) electrons. The van der Waals surface area contributed by atoms with Gasteiger partial charge >= 0.3 is 11.9 Å². The zero-order chi connectivity index (χ0) is 77.0. The van der Waals surface area contributed by atoms with Gasteiger partial charge in [0.25, 0.3) is 0 Å². The Kier molecular flexibility index (Phi) is 20.5. The van der Waals surface area contributed by atoms with Crippen LogP contribution in [0.3, 0.4) is 0 Å². The minimum Gasteiger partial charge on any atom is -0.478 e. The average molecular weight is 1490 g/mol. The third-order valence-corrected chi connectivity index (χ3v) is 37.5. The summed E-state index contributed by atoms with van der Waals surface area (Å²) in [5.74, 6) is 3.80. The highest BCUT2D eigenvalue weighted by atomic mass is 32.2. The predicted molar refractivity (Wildman–Crippen MR) is 426 cm³/mol. The SMILES string of the molecule is C=C(C)[C@@H]1CC[C@]2(NC(=O)C(C(C)C)N3CCS(=O)(=O)CC3)CC[C@]3(C)[C@H](CC[C@@H]4[C@@]5(C)CC=C(c6ccc(C(=O)O)cc6)C(C)(C)[C@@H]5CC[C@]43C)[C@@H]12.C=C(C)[C@@H]1CC[C@]2(NC(=O)C(C(C)C)N3CCS(=O)(=O)CC3)CC[C@]3(C)[C@H](CC[C@@H]4[C@@]5(C)CC=C(c6ccc(C(=O)O)cc6)C(C)(C)[C@@H]5CC[C@]43C)[C@@H]12. The molecule has 16 heteroatoms. The van der Waals surface area contributed by atoms with Crippen LogP contribution in [-0.4, -0.2) is 133 Å². The van der Waals surface area contributed by atoms with Crippen molar-refractivity contribution in [3.05, 3.63) is 107 Å². The van der Waals surface area contributed by atoms with E-state index in [-0.39, 0.29) is 113 Å². The maximum atomic E-state index is 14.5. The van der Waals surface area contributed by atoms with E-state index in [1.54, 1.807) is 24.3 Å². The Balaban J connectivity index is 0.000000188. The van der Waals surface area contributed by atoms with Crippen molar-refractivity contribution in [1.29, 1.82) is 0 Å². The lowest BCUT2D eigenvalue weighted by Gasteiger charge is -2.72. The molecule has 14 rings (SSSR count). The standard InChI is InChI=1S/2C45H66N2O5S/c2*1-28(2)32-16-21-45(46-39(48)38(29(3)4)47-24-26-53(51,52)27-25-47)23-22-43(8)34(37(32)45)14-15-36-42(7)19-17-33(30-10-12-31(13-11-30)40(49)50)41(5,6)35(42)18-20-44(36,43)9/h2*10-13,17,29,32,34-38H,1,14-16,18-27H2,2-9H3,(H,46,48)(H,49,50)/t2*32-,34+,35-,36+,37+,38?,42-,43+,44+,45-/m00/s1. The number of nitrogens with one attached hydrogen (secondary N) is 2. The van der Waals surface area contributed by atoms with Gasteiger partial charge in [0.15, 0.2) is 19.7 Å². The van der Waals surface area contributed by atoms with E-state index in [4.69, 9.17) is 0 Å². The quantitative estimate of drug-likeness (QED) is 0.130. The second kappa shape index (κ2) is 27.5.